The topological polar surface area (TPSA) is 74.1 Å². The van der Waals surface area contributed by atoms with E-state index in [1.165, 1.54) is 11.7 Å². The first-order valence-corrected chi connectivity index (χ1v) is 7.74. The van der Waals surface area contributed by atoms with Gasteiger partial charge in [0.15, 0.2) is 5.82 Å². The van der Waals surface area contributed by atoms with E-state index in [1.807, 2.05) is 6.07 Å². The van der Waals surface area contributed by atoms with E-state index in [9.17, 15) is 8.42 Å². The second-order valence-electron chi connectivity index (χ2n) is 3.83. The van der Waals surface area contributed by atoms with Crippen molar-refractivity contribution in [3.05, 3.63) is 36.2 Å². The molecule has 0 aliphatic heterocycles. The Morgan fingerprint density at radius 1 is 1.26 bits per heavy atom. The zero-order chi connectivity index (χ0) is 14.0. The second kappa shape index (κ2) is 5.28. The van der Waals surface area contributed by atoms with Crippen molar-refractivity contribution in [2.45, 2.75) is 18.2 Å². The first-order chi connectivity index (χ1) is 8.95. The van der Waals surface area contributed by atoms with Gasteiger partial charge in [0.2, 0.25) is 0 Å². The van der Waals surface area contributed by atoms with Crippen LogP contribution in [0.25, 0.3) is 5.69 Å². The molecule has 1 aromatic heterocycles. The number of hydrogen-bond donors (Lipinski definition) is 0. The largest absolute Gasteiger partial charge is 0.374 e. The number of hydrogen-bond acceptors (Lipinski definition) is 5. The zero-order valence-electron chi connectivity index (χ0n) is 10.3. The molecule has 8 heteroatoms. The van der Waals surface area contributed by atoms with E-state index in [-0.39, 0.29) is 5.16 Å². The molecule has 0 radical (unpaired) electrons. The van der Waals surface area contributed by atoms with Crippen LogP contribution in [0.3, 0.4) is 0 Å². The molecule has 0 saturated heterocycles. The van der Waals surface area contributed by atoms with Gasteiger partial charge in [0.05, 0.1) is 0 Å². The summed E-state index contributed by atoms with van der Waals surface area (Å²) >= 11 is 0. The minimum Gasteiger partial charge on any atom is -0.374 e. The summed E-state index contributed by atoms with van der Waals surface area (Å²) in [5, 5.41) is 7.18. The molecular weight excluding hydrogens is 290 g/mol. The number of ether oxygens (including phenoxy) is 1. The Balaban J connectivity index is 2.71. The predicted molar refractivity (Wildman–Crippen MR) is 69.8 cm³/mol. The summed E-state index contributed by atoms with van der Waals surface area (Å²) in [4.78, 5) is 0. The van der Waals surface area contributed by atoms with Crippen LogP contribution in [-0.4, -0.2) is 30.3 Å². The Morgan fingerprint density at radius 3 is 2.42 bits per heavy atom. The molecule has 0 aliphatic rings. The van der Waals surface area contributed by atoms with Crippen LogP contribution in [-0.2, 0) is 13.8 Å². The van der Waals surface area contributed by atoms with Crippen LogP contribution in [0.5, 0.6) is 0 Å². The highest BCUT2D eigenvalue weighted by Crippen LogP contribution is 2.24. The van der Waals surface area contributed by atoms with Crippen LogP contribution in [0.15, 0.2) is 35.5 Å². The van der Waals surface area contributed by atoms with Gasteiger partial charge in [0, 0.05) is 23.5 Å². The van der Waals surface area contributed by atoms with Gasteiger partial charge in [0.1, 0.15) is 6.10 Å². The van der Waals surface area contributed by atoms with Crippen LogP contribution in [0.4, 0.5) is 0 Å². The van der Waals surface area contributed by atoms with Gasteiger partial charge < -0.3 is 4.74 Å². The summed E-state index contributed by atoms with van der Waals surface area (Å²) < 4.78 is 29.6. The third-order valence-corrected chi connectivity index (χ3v) is 3.72. The fourth-order valence-corrected chi connectivity index (χ4v) is 2.48. The van der Waals surface area contributed by atoms with Gasteiger partial charge in [-0.25, -0.2) is 8.42 Å². The monoisotopic (exact) mass is 301 g/mol. The number of rotatable bonds is 4. The van der Waals surface area contributed by atoms with Crippen molar-refractivity contribution in [1.82, 2.24) is 14.8 Å². The molecule has 0 saturated carbocycles. The van der Waals surface area contributed by atoms with E-state index in [1.54, 1.807) is 31.2 Å². The Kier molecular flexibility index (Phi) is 3.88. The molecule has 0 spiro atoms. The van der Waals surface area contributed by atoms with Gasteiger partial charge in [0.25, 0.3) is 14.2 Å². The fraction of sp³-hybridized carbons (Fsp3) is 0.273. The van der Waals surface area contributed by atoms with E-state index < -0.39 is 15.2 Å². The van der Waals surface area contributed by atoms with Crippen LogP contribution in [0, 0.1) is 0 Å². The number of para-hydroxylation sites is 1. The minimum atomic E-state index is -4.00. The van der Waals surface area contributed by atoms with Gasteiger partial charge in [-0.3, -0.25) is 4.57 Å². The molecule has 2 aromatic rings. The number of methoxy groups -OCH3 is 1. The lowest BCUT2D eigenvalue weighted by molar-refractivity contribution is 0.110. The normalized spacial score (nSPS) is 13.4. The lowest BCUT2D eigenvalue weighted by Gasteiger charge is -2.12. The Hall–Kier alpha value is -1.44. The summed E-state index contributed by atoms with van der Waals surface area (Å²) in [5.41, 5.74) is 0.602. The van der Waals surface area contributed by atoms with Crippen molar-refractivity contribution < 1.29 is 13.2 Å². The first kappa shape index (κ1) is 14.0. The molecule has 1 aromatic carbocycles. The molecule has 6 nitrogen and oxygen atoms in total. The molecule has 1 heterocycles. The summed E-state index contributed by atoms with van der Waals surface area (Å²) in [5.74, 6) is 0.368. The molecule has 0 aliphatic carbocycles. The SMILES string of the molecule is COC(C)c1nnc(S(=O)(=O)Cl)n1-c1ccccc1. The minimum absolute atomic E-state index is 0.320. The van der Waals surface area contributed by atoms with Gasteiger partial charge >= 0.3 is 0 Å². The van der Waals surface area contributed by atoms with Crippen LogP contribution < -0.4 is 0 Å². The molecule has 1 atom stereocenters. The molecule has 0 fully saturated rings. The molecule has 0 amide bonds. The van der Waals surface area contributed by atoms with Crippen molar-refractivity contribution in [2.24, 2.45) is 0 Å². The van der Waals surface area contributed by atoms with Gasteiger partial charge in [-0.15, -0.1) is 10.2 Å². The highest BCUT2D eigenvalue weighted by Gasteiger charge is 2.26. The maximum absolute atomic E-state index is 11.6. The summed E-state index contributed by atoms with van der Waals surface area (Å²) in [7, 11) is 2.89. The third-order valence-electron chi connectivity index (χ3n) is 2.61. The van der Waals surface area contributed by atoms with E-state index in [0.717, 1.165) is 0 Å². The van der Waals surface area contributed by atoms with E-state index >= 15 is 0 Å². The van der Waals surface area contributed by atoms with E-state index in [2.05, 4.69) is 10.2 Å². The maximum Gasteiger partial charge on any atom is 0.297 e. The Bertz CT molecular complexity index is 670. The highest BCUT2D eigenvalue weighted by atomic mass is 35.7. The quantitative estimate of drug-likeness (QED) is 0.806. The number of benzene rings is 1. The smallest absolute Gasteiger partial charge is 0.297 e. The molecule has 19 heavy (non-hydrogen) atoms. The number of aromatic nitrogens is 3. The molecule has 102 valence electrons. The summed E-state index contributed by atoms with van der Waals surface area (Å²) in [6.07, 6.45) is -0.417. The van der Waals surface area contributed by atoms with Crippen molar-refractivity contribution in [1.29, 1.82) is 0 Å². The Morgan fingerprint density at radius 2 is 1.89 bits per heavy atom. The van der Waals surface area contributed by atoms with Crippen molar-refractivity contribution in [3.8, 4) is 5.69 Å². The average Bonchev–Trinajstić information content (AvgIpc) is 2.83. The summed E-state index contributed by atoms with van der Waals surface area (Å²) in [6.45, 7) is 1.74. The van der Waals surface area contributed by atoms with Crippen molar-refractivity contribution >= 4 is 19.7 Å². The third kappa shape index (κ3) is 2.78. The highest BCUT2D eigenvalue weighted by molar-refractivity contribution is 8.13. The fourth-order valence-electron chi connectivity index (χ4n) is 1.63. The van der Waals surface area contributed by atoms with Crippen LogP contribution in [0.2, 0.25) is 0 Å². The molecule has 2 rings (SSSR count). The van der Waals surface area contributed by atoms with Crippen molar-refractivity contribution in [2.75, 3.05) is 7.11 Å². The van der Waals surface area contributed by atoms with Gasteiger partial charge in [-0.2, -0.15) is 0 Å². The van der Waals surface area contributed by atoms with E-state index in [0.29, 0.717) is 11.5 Å². The maximum atomic E-state index is 11.6. The predicted octanol–water partition coefficient (Wildman–Crippen LogP) is 1.90. The number of nitrogens with zero attached hydrogens (tertiary/aromatic N) is 3. The van der Waals surface area contributed by atoms with Gasteiger partial charge in [-0.05, 0) is 19.1 Å². The molecule has 1 unspecified atom stereocenters. The Labute approximate surface area is 115 Å². The van der Waals surface area contributed by atoms with Crippen LogP contribution >= 0.6 is 10.7 Å². The first-order valence-electron chi connectivity index (χ1n) is 5.43. The average molecular weight is 302 g/mol. The lowest BCUT2D eigenvalue weighted by Crippen LogP contribution is -2.10. The zero-order valence-corrected chi connectivity index (χ0v) is 11.9. The number of halogens is 1. The van der Waals surface area contributed by atoms with Gasteiger partial charge in [-0.1, -0.05) is 18.2 Å². The van der Waals surface area contributed by atoms with Crippen molar-refractivity contribution in [3.63, 3.8) is 0 Å². The molecular formula is C11H12ClN3O3S. The van der Waals surface area contributed by atoms with E-state index in [4.69, 9.17) is 15.4 Å². The van der Waals surface area contributed by atoms with Crippen LogP contribution in [0.1, 0.15) is 18.9 Å². The summed E-state index contributed by atoms with van der Waals surface area (Å²) in [6, 6.07) is 8.85. The molecule has 0 bridgehead atoms. The molecule has 0 N–H and O–H groups in total. The second-order valence-corrected chi connectivity index (χ2v) is 6.29. The lowest BCUT2D eigenvalue weighted by atomic mass is 10.3. The standard InChI is InChI=1S/C11H12ClN3O3S/c1-8(18-2)10-13-14-11(19(12,16)17)15(10)9-6-4-3-5-7-9/h3-8H,1-2H3.